The van der Waals surface area contributed by atoms with Crippen molar-refractivity contribution < 1.29 is 0 Å². The van der Waals surface area contributed by atoms with Crippen molar-refractivity contribution in [2.45, 2.75) is 71.6 Å². The third kappa shape index (κ3) is 2.17. The molecule has 0 aromatic heterocycles. The molecule has 0 radical (unpaired) electrons. The van der Waals surface area contributed by atoms with E-state index in [2.05, 4.69) is 20.4 Å². The number of aliphatic imine (C=N–C) groups is 1. The first-order valence-electron chi connectivity index (χ1n) is 7.81. The second-order valence-corrected chi connectivity index (χ2v) is 7.39. The third-order valence-corrected chi connectivity index (χ3v) is 5.64. The van der Waals surface area contributed by atoms with Crippen molar-refractivity contribution in [3.8, 4) is 0 Å². The molecule has 18 heavy (non-hydrogen) atoms. The van der Waals surface area contributed by atoms with Crippen LogP contribution in [0.5, 0.6) is 0 Å². The topological polar surface area (TPSA) is 12.4 Å². The maximum absolute atomic E-state index is 4.98. The summed E-state index contributed by atoms with van der Waals surface area (Å²) in [6.45, 7) is 8.97. The summed E-state index contributed by atoms with van der Waals surface area (Å²) in [5.41, 5.74) is 3.74. The van der Waals surface area contributed by atoms with Gasteiger partial charge in [-0.15, -0.1) is 0 Å². The van der Waals surface area contributed by atoms with Gasteiger partial charge in [0.05, 0.1) is 0 Å². The molecule has 1 heteroatoms. The van der Waals surface area contributed by atoms with E-state index in [-0.39, 0.29) is 0 Å². The van der Waals surface area contributed by atoms with Crippen molar-refractivity contribution in [3.63, 3.8) is 0 Å². The van der Waals surface area contributed by atoms with E-state index < -0.39 is 0 Å². The fourth-order valence-electron chi connectivity index (χ4n) is 4.36. The Morgan fingerprint density at radius 2 is 1.89 bits per heavy atom. The van der Waals surface area contributed by atoms with Crippen LogP contribution in [-0.2, 0) is 0 Å². The molecule has 0 spiro atoms. The Morgan fingerprint density at radius 1 is 1.22 bits per heavy atom. The SMILES string of the molecule is C=C(CC1CC1)/N=C(\CC)C12CCC(C)(CC1)C2. The first-order chi connectivity index (χ1) is 8.55. The van der Waals surface area contributed by atoms with Crippen molar-refractivity contribution in [3.05, 3.63) is 12.3 Å². The molecule has 0 N–H and O–H groups in total. The Kier molecular flexibility index (Phi) is 2.91. The van der Waals surface area contributed by atoms with Crippen LogP contribution in [0.2, 0.25) is 0 Å². The molecule has 0 atom stereocenters. The van der Waals surface area contributed by atoms with Gasteiger partial charge in [0.15, 0.2) is 0 Å². The largest absolute Gasteiger partial charge is 0.262 e. The lowest BCUT2D eigenvalue weighted by molar-refractivity contribution is 0.327. The van der Waals surface area contributed by atoms with Crippen LogP contribution in [0.3, 0.4) is 0 Å². The molecule has 3 fully saturated rings. The first-order valence-corrected chi connectivity index (χ1v) is 7.81. The van der Waals surface area contributed by atoms with Crippen LogP contribution in [0.4, 0.5) is 0 Å². The lowest BCUT2D eigenvalue weighted by Crippen LogP contribution is -2.26. The van der Waals surface area contributed by atoms with Gasteiger partial charge in [-0.1, -0.05) is 20.4 Å². The molecular weight excluding hydrogens is 218 g/mol. The van der Waals surface area contributed by atoms with Crippen LogP contribution in [0.1, 0.15) is 71.6 Å². The predicted molar refractivity (Wildman–Crippen MR) is 77.8 cm³/mol. The molecule has 0 saturated heterocycles. The summed E-state index contributed by atoms with van der Waals surface area (Å²) in [5.74, 6) is 0.911. The molecule has 0 aromatic carbocycles. The van der Waals surface area contributed by atoms with E-state index >= 15 is 0 Å². The zero-order valence-electron chi connectivity index (χ0n) is 12.1. The zero-order valence-corrected chi connectivity index (χ0v) is 12.1. The van der Waals surface area contributed by atoms with E-state index in [4.69, 9.17) is 4.99 Å². The van der Waals surface area contributed by atoms with Gasteiger partial charge in [0.1, 0.15) is 0 Å². The maximum Gasteiger partial charge on any atom is 0.0334 e. The second-order valence-electron chi connectivity index (χ2n) is 7.39. The molecule has 3 aliphatic rings. The van der Waals surface area contributed by atoms with E-state index in [1.54, 1.807) is 0 Å². The molecule has 0 heterocycles. The van der Waals surface area contributed by atoms with E-state index in [0.717, 1.165) is 24.5 Å². The minimum atomic E-state index is 0.468. The molecule has 2 bridgehead atoms. The standard InChI is InChI=1S/C17H27N/c1-4-15(18-13(2)11-14-5-6-14)17-9-7-16(3,12-17)8-10-17/h14H,2,4-12H2,1,3H3/b18-15+. The highest BCUT2D eigenvalue weighted by Crippen LogP contribution is 2.62. The van der Waals surface area contributed by atoms with E-state index in [0.29, 0.717) is 10.8 Å². The van der Waals surface area contributed by atoms with Crippen LogP contribution < -0.4 is 0 Å². The Hall–Kier alpha value is -0.590. The third-order valence-electron chi connectivity index (χ3n) is 5.64. The highest BCUT2D eigenvalue weighted by Gasteiger charge is 2.53. The Labute approximate surface area is 112 Å². The second kappa shape index (κ2) is 4.21. The van der Waals surface area contributed by atoms with Gasteiger partial charge in [-0.3, -0.25) is 4.99 Å². The van der Waals surface area contributed by atoms with Gasteiger partial charge >= 0.3 is 0 Å². The number of allylic oxidation sites excluding steroid dienone is 1. The Morgan fingerprint density at radius 3 is 2.33 bits per heavy atom. The minimum Gasteiger partial charge on any atom is -0.262 e. The highest BCUT2D eigenvalue weighted by atomic mass is 14.8. The van der Waals surface area contributed by atoms with Gasteiger partial charge < -0.3 is 0 Å². The summed E-state index contributed by atoms with van der Waals surface area (Å²) < 4.78 is 0. The average Bonchev–Trinajstić information content (AvgIpc) is 2.99. The fraction of sp³-hybridized carbons (Fsp3) is 0.824. The van der Waals surface area contributed by atoms with Gasteiger partial charge in [-0.05, 0) is 69.1 Å². The smallest absolute Gasteiger partial charge is 0.0334 e. The van der Waals surface area contributed by atoms with Crippen molar-refractivity contribution in [1.29, 1.82) is 0 Å². The summed E-state index contributed by atoms with van der Waals surface area (Å²) in [4.78, 5) is 4.98. The zero-order chi connectivity index (χ0) is 12.8. The highest BCUT2D eigenvalue weighted by molar-refractivity contribution is 5.91. The van der Waals surface area contributed by atoms with Crippen molar-refractivity contribution in [2.75, 3.05) is 0 Å². The number of hydrogen-bond donors (Lipinski definition) is 0. The van der Waals surface area contributed by atoms with Crippen LogP contribution in [-0.4, -0.2) is 5.71 Å². The Bertz CT molecular complexity index is 378. The molecule has 1 nitrogen and oxygen atoms in total. The number of hydrogen-bond acceptors (Lipinski definition) is 1. The molecule has 0 aromatic rings. The van der Waals surface area contributed by atoms with Gasteiger partial charge in [-0.2, -0.15) is 0 Å². The van der Waals surface area contributed by atoms with Crippen LogP contribution in [0, 0.1) is 16.7 Å². The molecule has 100 valence electrons. The van der Waals surface area contributed by atoms with Crippen LogP contribution in [0.25, 0.3) is 0 Å². The summed E-state index contributed by atoms with van der Waals surface area (Å²) in [6.07, 6.45) is 12.1. The summed E-state index contributed by atoms with van der Waals surface area (Å²) in [6, 6.07) is 0. The van der Waals surface area contributed by atoms with E-state index in [1.807, 2.05) is 0 Å². The summed E-state index contributed by atoms with van der Waals surface area (Å²) >= 11 is 0. The molecule has 3 rings (SSSR count). The van der Waals surface area contributed by atoms with Crippen LogP contribution in [0.15, 0.2) is 17.3 Å². The molecule has 3 saturated carbocycles. The van der Waals surface area contributed by atoms with E-state index in [1.165, 1.54) is 50.7 Å². The van der Waals surface area contributed by atoms with Gasteiger partial charge in [-0.25, -0.2) is 0 Å². The minimum absolute atomic E-state index is 0.468. The molecule has 0 amide bonds. The van der Waals surface area contributed by atoms with Gasteiger partial charge in [0, 0.05) is 16.8 Å². The lowest BCUT2D eigenvalue weighted by atomic mass is 9.78. The number of nitrogens with zero attached hydrogens (tertiary/aromatic N) is 1. The van der Waals surface area contributed by atoms with Gasteiger partial charge in [0.2, 0.25) is 0 Å². The monoisotopic (exact) mass is 245 g/mol. The Balaban J connectivity index is 1.75. The average molecular weight is 245 g/mol. The first kappa shape index (κ1) is 12.4. The molecule has 3 aliphatic carbocycles. The van der Waals surface area contributed by atoms with E-state index in [9.17, 15) is 0 Å². The van der Waals surface area contributed by atoms with Crippen molar-refractivity contribution in [1.82, 2.24) is 0 Å². The lowest BCUT2D eigenvalue weighted by Gasteiger charge is -2.28. The maximum atomic E-state index is 4.98. The van der Waals surface area contributed by atoms with Crippen LogP contribution >= 0.6 is 0 Å². The van der Waals surface area contributed by atoms with Crippen molar-refractivity contribution in [2.24, 2.45) is 21.7 Å². The quantitative estimate of drug-likeness (QED) is 0.596. The molecular formula is C17H27N. The normalized spacial score (nSPS) is 39.3. The number of rotatable bonds is 5. The van der Waals surface area contributed by atoms with Crippen molar-refractivity contribution >= 4 is 5.71 Å². The molecule has 0 unspecified atom stereocenters. The fourth-order valence-corrected chi connectivity index (χ4v) is 4.36. The molecule has 0 aliphatic heterocycles. The summed E-state index contributed by atoms with van der Waals surface area (Å²) in [5, 5.41) is 0. The predicted octanol–water partition coefficient (Wildman–Crippen LogP) is 5.12. The number of fused-ring (bicyclic) bond motifs is 2. The summed E-state index contributed by atoms with van der Waals surface area (Å²) in [7, 11) is 0. The van der Waals surface area contributed by atoms with Gasteiger partial charge in [0.25, 0.3) is 0 Å².